The van der Waals surface area contributed by atoms with Gasteiger partial charge in [0.15, 0.2) is 0 Å². The average molecular weight is 397 g/mol. The molecule has 0 amide bonds. The Labute approximate surface area is 166 Å². The maximum absolute atomic E-state index is 10.7. The second-order valence-electron chi connectivity index (χ2n) is 6.35. The minimum atomic E-state index is -0.554. The van der Waals surface area contributed by atoms with E-state index in [1.807, 2.05) is 34.9 Å². The van der Waals surface area contributed by atoms with Crippen molar-refractivity contribution in [3.8, 4) is 5.69 Å². The van der Waals surface area contributed by atoms with Gasteiger partial charge in [-0.2, -0.15) is 0 Å². The van der Waals surface area contributed by atoms with Crippen LogP contribution in [0.1, 0.15) is 25.0 Å². The summed E-state index contributed by atoms with van der Waals surface area (Å²) in [5.41, 5.74) is 0.998. The van der Waals surface area contributed by atoms with Crippen LogP contribution in [0, 0.1) is 10.1 Å². The van der Waals surface area contributed by atoms with Crippen molar-refractivity contribution < 1.29 is 9.34 Å². The summed E-state index contributed by atoms with van der Waals surface area (Å²) in [6, 6.07) is 12.9. The standard InChI is InChI=1S/C19H19N5O3S/c25-24(26)17-10-9-16(27-17)11-14-28-19-21-20-18(22-12-5-2-6-13-22)23(19)15-7-3-1-4-8-15/h1,3-4,7-11,14H,2,5-6,12-13H2/b14-11+. The molecule has 1 aliphatic rings. The molecule has 0 bridgehead atoms. The monoisotopic (exact) mass is 397 g/mol. The SMILES string of the molecule is O=[N+]([O-])c1ccc(/C=C/Sc2nnc(N3CCCCC3)n2-c2ccccc2)o1. The molecule has 0 atom stereocenters. The van der Waals surface area contributed by atoms with Gasteiger partial charge < -0.3 is 9.32 Å². The van der Waals surface area contributed by atoms with Crippen molar-refractivity contribution in [2.45, 2.75) is 24.4 Å². The molecule has 4 rings (SSSR count). The van der Waals surface area contributed by atoms with Gasteiger partial charge in [-0.3, -0.25) is 14.7 Å². The highest BCUT2D eigenvalue weighted by Crippen LogP contribution is 2.29. The van der Waals surface area contributed by atoms with Crippen molar-refractivity contribution in [3.05, 3.63) is 63.7 Å². The number of aromatic nitrogens is 3. The average Bonchev–Trinajstić information content (AvgIpc) is 3.37. The fourth-order valence-corrected chi connectivity index (χ4v) is 3.84. The Morgan fingerprint density at radius 1 is 1.07 bits per heavy atom. The first kappa shape index (κ1) is 18.3. The van der Waals surface area contributed by atoms with Gasteiger partial charge in [0.05, 0.1) is 11.8 Å². The van der Waals surface area contributed by atoms with Crippen molar-refractivity contribution in [3.63, 3.8) is 0 Å². The van der Waals surface area contributed by atoms with E-state index in [-0.39, 0.29) is 5.88 Å². The number of anilines is 1. The number of piperidine rings is 1. The molecule has 3 aromatic rings. The maximum Gasteiger partial charge on any atom is 0.433 e. The third kappa shape index (κ3) is 3.94. The molecule has 1 aromatic carbocycles. The van der Waals surface area contributed by atoms with Gasteiger partial charge in [0, 0.05) is 13.1 Å². The van der Waals surface area contributed by atoms with E-state index in [0.29, 0.717) is 5.76 Å². The second-order valence-corrected chi connectivity index (χ2v) is 7.23. The van der Waals surface area contributed by atoms with E-state index in [1.165, 1.54) is 24.2 Å². The van der Waals surface area contributed by atoms with Gasteiger partial charge in [-0.1, -0.05) is 30.0 Å². The van der Waals surface area contributed by atoms with E-state index in [1.54, 1.807) is 17.6 Å². The topological polar surface area (TPSA) is 90.2 Å². The predicted molar refractivity (Wildman–Crippen MR) is 108 cm³/mol. The summed E-state index contributed by atoms with van der Waals surface area (Å²) < 4.78 is 7.19. The van der Waals surface area contributed by atoms with Crippen LogP contribution in [0.2, 0.25) is 0 Å². The number of hydrogen-bond donors (Lipinski definition) is 0. The van der Waals surface area contributed by atoms with Gasteiger partial charge >= 0.3 is 5.88 Å². The van der Waals surface area contributed by atoms with E-state index < -0.39 is 4.92 Å². The molecule has 0 radical (unpaired) electrons. The van der Waals surface area contributed by atoms with Crippen LogP contribution in [0.25, 0.3) is 11.8 Å². The lowest BCUT2D eigenvalue weighted by Gasteiger charge is -2.27. The molecule has 0 saturated carbocycles. The van der Waals surface area contributed by atoms with E-state index in [9.17, 15) is 10.1 Å². The highest BCUT2D eigenvalue weighted by Gasteiger charge is 2.21. The summed E-state index contributed by atoms with van der Waals surface area (Å²) >= 11 is 1.39. The minimum absolute atomic E-state index is 0.274. The first-order valence-corrected chi connectivity index (χ1v) is 9.93. The Morgan fingerprint density at radius 3 is 2.57 bits per heavy atom. The van der Waals surface area contributed by atoms with Crippen LogP contribution < -0.4 is 4.90 Å². The van der Waals surface area contributed by atoms with E-state index >= 15 is 0 Å². The second kappa shape index (κ2) is 8.30. The number of benzene rings is 1. The zero-order chi connectivity index (χ0) is 19.3. The van der Waals surface area contributed by atoms with Crippen molar-refractivity contribution in [2.75, 3.05) is 18.0 Å². The summed E-state index contributed by atoms with van der Waals surface area (Å²) in [5.74, 6) is 0.987. The van der Waals surface area contributed by atoms with Gasteiger partial charge in [-0.25, -0.2) is 0 Å². The van der Waals surface area contributed by atoms with Gasteiger partial charge in [-0.15, -0.1) is 10.2 Å². The molecule has 0 unspecified atom stereocenters. The van der Waals surface area contributed by atoms with Crippen LogP contribution >= 0.6 is 11.8 Å². The number of rotatable bonds is 6. The highest BCUT2D eigenvalue weighted by atomic mass is 32.2. The first-order chi connectivity index (χ1) is 13.7. The Kier molecular flexibility index (Phi) is 5.43. The predicted octanol–water partition coefficient (Wildman–Crippen LogP) is 4.52. The van der Waals surface area contributed by atoms with Crippen LogP contribution in [0.4, 0.5) is 11.8 Å². The fraction of sp³-hybridized carbons (Fsp3) is 0.263. The lowest BCUT2D eigenvalue weighted by molar-refractivity contribution is -0.402. The summed E-state index contributed by atoms with van der Waals surface area (Å²) in [7, 11) is 0. The number of nitrogens with zero attached hydrogens (tertiary/aromatic N) is 5. The fourth-order valence-electron chi connectivity index (χ4n) is 3.13. The van der Waals surface area contributed by atoms with Crippen LogP contribution in [0.5, 0.6) is 0 Å². The molecule has 1 aliphatic heterocycles. The Bertz CT molecular complexity index is 977. The highest BCUT2D eigenvalue weighted by molar-refractivity contribution is 8.02. The van der Waals surface area contributed by atoms with Crippen molar-refractivity contribution in [1.29, 1.82) is 0 Å². The van der Waals surface area contributed by atoms with Crippen molar-refractivity contribution >= 4 is 29.7 Å². The lowest BCUT2D eigenvalue weighted by atomic mass is 10.1. The number of hydrogen-bond acceptors (Lipinski definition) is 7. The quantitative estimate of drug-likeness (QED) is 0.343. The van der Waals surface area contributed by atoms with Crippen LogP contribution in [-0.4, -0.2) is 32.8 Å². The van der Waals surface area contributed by atoms with Crippen LogP contribution in [-0.2, 0) is 0 Å². The number of nitro groups is 1. The molecule has 0 spiro atoms. The summed E-state index contributed by atoms with van der Waals surface area (Å²) in [6.07, 6.45) is 5.24. The number of furan rings is 1. The van der Waals surface area contributed by atoms with Crippen LogP contribution in [0.15, 0.2) is 57.4 Å². The molecule has 28 heavy (non-hydrogen) atoms. The van der Waals surface area contributed by atoms with Crippen molar-refractivity contribution in [2.24, 2.45) is 0 Å². The zero-order valence-corrected chi connectivity index (χ0v) is 15.9. The van der Waals surface area contributed by atoms with E-state index in [0.717, 1.165) is 42.7 Å². The molecule has 3 heterocycles. The Morgan fingerprint density at radius 2 is 1.86 bits per heavy atom. The maximum atomic E-state index is 10.7. The summed E-state index contributed by atoms with van der Waals surface area (Å²) in [5, 5.41) is 22.1. The zero-order valence-electron chi connectivity index (χ0n) is 15.1. The first-order valence-electron chi connectivity index (χ1n) is 9.05. The number of thioether (sulfide) groups is 1. The Balaban J connectivity index is 1.60. The lowest BCUT2D eigenvalue weighted by Crippen LogP contribution is -2.31. The molecular formula is C19H19N5O3S. The van der Waals surface area contributed by atoms with Gasteiger partial charge in [-0.05, 0) is 48.9 Å². The van der Waals surface area contributed by atoms with E-state index in [4.69, 9.17) is 4.42 Å². The molecule has 8 nitrogen and oxygen atoms in total. The molecule has 0 aliphatic carbocycles. The largest absolute Gasteiger partial charge is 0.433 e. The van der Waals surface area contributed by atoms with Gasteiger partial charge in [0.1, 0.15) is 10.7 Å². The van der Waals surface area contributed by atoms with Gasteiger partial charge in [0.2, 0.25) is 11.1 Å². The van der Waals surface area contributed by atoms with E-state index in [2.05, 4.69) is 15.1 Å². The third-order valence-electron chi connectivity index (χ3n) is 4.47. The molecule has 9 heteroatoms. The van der Waals surface area contributed by atoms with Crippen LogP contribution in [0.3, 0.4) is 0 Å². The third-order valence-corrected chi connectivity index (χ3v) is 5.22. The summed E-state index contributed by atoms with van der Waals surface area (Å²) in [4.78, 5) is 12.4. The molecule has 1 fully saturated rings. The molecule has 2 aromatic heterocycles. The minimum Gasteiger partial charge on any atom is -0.401 e. The molecule has 1 saturated heterocycles. The Hall–Kier alpha value is -3.07. The molecule has 0 N–H and O–H groups in total. The molecular weight excluding hydrogens is 378 g/mol. The van der Waals surface area contributed by atoms with Crippen molar-refractivity contribution in [1.82, 2.24) is 14.8 Å². The smallest absolute Gasteiger partial charge is 0.401 e. The molecule has 144 valence electrons. The normalized spacial score (nSPS) is 14.6. The summed E-state index contributed by atoms with van der Waals surface area (Å²) in [6.45, 7) is 1.95. The van der Waals surface area contributed by atoms with Gasteiger partial charge in [0.25, 0.3) is 0 Å². The number of para-hydroxylation sites is 1.